The highest BCUT2D eigenvalue weighted by Gasteiger charge is 2.83. The number of carbonyl (C=O) groups is 2. The van der Waals surface area contributed by atoms with E-state index in [0.29, 0.717) is 0 Å². The van der Waals surface area contributed by atoms with Gasteiger partial charge in [0.05, 0.1) is 15.6 Å². The Kier molecular flexibility index (Phi) is 5.14. The topological polar surface area (TPSA) is 58.2 Å². The summed E-state index contributed by atoms with van der Waals surface area (Å²) in [6.45, 7) is 4.28. The second-order valence-corrected chi connectivity index (χ2v) is 11.4. The molecular formula is C18H21Br3N2O2. The molecular weight excluding hydrogens is 516 g/mol. The fourth-order valence-corrected chi connectivity index (χ4v) is 9.68. The van der Waals surface area contributed by atoms with Crippen molar-refractivity contribution in [3.8, 4) is 0 Å². The number of rotatable bonds is 4. The summed E-state index contributed by atoms with van der Waals surface area (Å²) in [4.78, 5) is 25.1. The minimum absolute atomic E-state index is 0.0294. The van der Waals surface area contributed by atoms with Gasteiger partial charge in [-0.1, -0.05) is 92.0 Å². The summed E-state index contributed by atoms with van der Waals surface area (Å²) in [5, 5.41) is 0. The van der Waals surface area contributed by atoms with Gasteiger partial charge >= 0.3 is 0 Å². The fraction of sp³-hybridized carbons (Fsp3) is 0.556. The van der Waals surface area contributed by atoms with E-state index in [1.807, 2.05) is 30.3 Å². The van der Waals surface area contributed by atoms with E-state index in [2.05, 4.69) is 72.5 Å². The lowest BCUT2D eigenvalue weighted by Gasteiger charge is -2.66. The number of benzene rings is 1. The van der Waals surface area contributed by atoms with Crippen molar-refractivity contribution in [3.63, 3.8) is 0 Å². The van der Waals surface area contributed by atoms with Gasteiger partial charge in [0, 0.05) is 10.2 Å². The maximum atomic E-state index is 13.0. The molecule has 25 heavy (non-hydrogen) atoms. The standard InChI is InChI=1S/C18H21Br3N2O2/c1-16(2)17(14(20)21)8-9-18(16,13(17)19)15(25)23-22-12(24)10-11-6-4-3-5-7-11/h3-7,13-14H,8-10H2,1-2H3,(H,22,24)(H,23,25). The second kappa shape index (κ2) is 6.64. The zero-order valence-corrected chi connectivity index (χ0v) is 18.9. The van der Waals surface area contributed by atoms with E-state index in [0.717, 1.165) is 18.4 Å². The fourth-order valence-electron chi connectivity index (χ4n) is 4.76. The van der Waals surface area contributed by atoms with Crippen molar-refractivity contribution in [2.24, 2.45) is 16.2 Å². The Morgan fingerprint density at radius 2 is 1.80 bits per heavy atom. The summed E-state index contributed by atoms with van der Waals surface area (Å²) < 4.78 is 0.128. The largest absolute Gasteiger partial charge is 0.273 e. The van der Waals surface area contributed by atoms with Crippen LogP contribution in [-0.4, -0.2) is 20.4 Å². The molecule has 2 N–H and O–H groups in total. The van der Waals surface area contributed by atoms with Gasteiger partial charge in [0.1, 0.15) is 0 Å². The molecule has 4 nitrogen and oxygen atoms in total. The van der Waals surface area contributed by atoms with Crippen molar-refractivity contribution in [2.45, 2.75) is 41.7 Å². The van der Waals surface area contributed by atoms with Crippen molar-refractivity contribution in [3.05, 3.63) is 35.9 Å². The molecule has 2 amide bonds. The van der Waals surface area contributed by atoms with Gasteiger partial charge < -0.3 is 0 Å². The summed E-state index contributed by atoms with van der Waals surface area (Å²) in [6.07, 6.45) is 1.98. The third-order valence-corrected chi connectivity index (χ3v) is 9.65. The van der Waals surface area contributed by atoms with Crippen LogP contribution in [0.4, 0.5) is 0 Å². The first-order chi connectivity index (χ1) is 11.7. The maximum absolute atomic E-state index is 13.0. The first-order valence-corrected chi connectivity index (χ1v) is 11.0. The lowest BCUT2D eigenvalue weighted by molar-refractivity contribution is -0.163. The van der Waals surface area contributed by atoms with E-state index in [-0.39, 0.29) is 37.6 Å². The van der Waals surface area contributed by atoms with E-state index in [1.54, 1.807) is 0 Å². The molecule has 136 valence electrons. The molecule has 7 heteroatoms. The molecule has 1 aromatic rings. The number of carbonyl (C=O) groups excluding carboxylic acids is 2. The van der Waals surface area contributed by atoms with Gasteiger partial charge in [0.25, 0.3) is 0 Å². The number of fused-ring (bicyclic) bond motifs is 1. The van der Waals surface area contributed by atoms with Crippen LogP contribution < -0.4 is 10.9 Å². The molecule has 0 radical (unpaired) electrons. The summed E-state index contributed by atoms with van der Waals surface area (Å²) in [6, 6.07) is 9.47. The van der Waals surface area contributed by atoms with Crippen molar-refractivity contribution >= 4 is 59.6 Å². The number of hydrazine groups is 1. The Balaban J connectivity index is 1.65. The van der Waals surface area contributed by atoms with Crippen LogP contribution in [0.15, 0.2) is 30.3 Å². The Morgan fingerprint density at radius 3 is 2.32 bits per heavy atom. The van der Waals surface area contributed by atoms with Crippen LogP contribution >= 0.6 is 47.8 Å². The van der Waals surface area contributed by atoms with E-state index in [4.69, 9.17) is 0 Å². The molecule has 3 aliphatic rings. The predicted molar refractivity (Wildman–Crippen MR) is 109 cm³/mol. The molecule has 3 fully saturated rings. The monoisotopic (exact) mass is 534 g/mol. The van der Waals surface area contributed by atoms with Crippen LogP contribution in [0.2, 0.25) is 0 Å². The van der Waals surface area contributed by atoms with E-state index >= 15 is 0 Å². The molecule has 0 saturated heterocycles. The zero-order chi connectivity index (χ0) is 18.5. The Hall–Kier alpha value is -0.400. The van der Waals surface area contributed by atoms with Gasteiger partial charge in [-0.2, -0.15) is 0 Å². The van der Waals surface area contributed by atoms with Gasteiger partial charge in [-0.25, -0.2) is 0 Å². The maximum Gasteiger partial charge on any atom is 0.246 e. The van der Waals surface area contributed by atoms with Gasteiger partial charge in [-0.15, -0.1) is 0 Å². The molecule has 2 bridgehead atoms. The highest BCUT2D eigenvalue weighted by molar-refractivity contribution is 9.24. The predicted octanol–water partition coefficient (Wildman–Crippen LogP) is 4.06. The van der Waals surface area contributed by atoms with Crippen molar-refractivity contribution in [2.75, 3.05) is 0 Å². The normalized spacial score (nSPS) is 32.2. The average Bonchev–Trinajstić information content (AvgIpc) is 3.03. The van der Waals surface area contributed by atoms with E-state index in [1.165, 1.54) is 0 Å². The lowest BCUT2D eigenvalue weighted by Crippen LogP contribution is -2.73. The van der Waals surface area contributed by atoms with Crippen molar-refractivity contribution in [1.82, 2.24) is 10.9 Å². The van der Waals surface area contributed by atoms with E-state index in [9.17, 15) is 9.59 Å². The molecule has 1 aromatic carbocycles. The van der Waals surface area contributed by atoms with Gasteiger partial charge in [-0.05, 0) is 23.8 Å². The SMILES string of the molecule is CC1(C)C2(C(=O)NNC(=O)Cc3ccccc3)CCC1(C(Br)Br)C2Br. The molecule has 0 spiro atoms. The molecule has 0 aliphatic heterocycles. The zero-order valence-electron chi connectivity index (χ0n) is 14.1. The Bertz CT molecular complexity index is 695. The quantitative estimate of drug-likeness (QED) is 0.450. The van der Waals surface area contributed by atoms with Gasteiger partial charge in [-0.3, -0.25) is 20.4 Å². The minimum Gasteiger partial charge on any atom is -0.273 e. The van der Waals surface area contributed by atoms with Crippen molar-refractivity contribution < 1.29 is 9.59 Å². The third-order valence-electron chi connectivity index (χ3n) is 6.41. The Labute approximate surface area is 173 Å². The average molecular weight is 537 g/mol. The van der Waals surface area contributed by atoms with E-state index < -0.39 is 5.41 Å². The van der Waals surface area contributed by atoms with Crippen LogP contribution in [0.25, 0.3) is 0 Å². The van der Waals surface area contributed by atoms with Gasteiger partial charge in [0.2, 0.25) is 11.8 Å². The molecule has 3 atom stereocenters. The first kappa shape index (κ1) is 19.4. The Morgan fingerprint density at radius 1 is 1.16 bits per heavy atom. The third kappa shape index (κ3) is 2.56. The van der Waals surface area contributed by atoms with Crippen LogP contribution in [0.3, 0.4) is 0 Å². The number of hydrogen-bond donors (Lipinski definition) is 2. The van der Waals surface area contributed by atoms with Crippen molar-refractivity contribution in [1.29, 1.82) is 0 Å². The molecule has 0 aromatic heterocycles. The molecule has 3 unspecified atom stereocenters. The highest BCUT2D eigenvalue weighted by atomic mass is 79.9. The van der Waals surface area contributed by atoms with Crippen LogP contribution in [0.5, 0.6) is 0 Å². The summed E-state index contributed by atoms with van der Waals surface area (Å²) >= 11 is 11.1. The highest BCUT2D eigenvalue weighted by Crippen LogP contribution is 2.82. The smallest absolute Gasteiger partial charge is 0.246 e. The first-order valence-electron chi connectivity index (χ1n) is 8.25. The molecule has 0 heterocycles. The van der Waals surface area contributed by atoms with Crippen LogP contribution in [0, 0.1) is 16.2 Å². The number of amides is 2. The summed E-state index contributed by atoms with van der Waals surface area (Å²) in [5.41, 5.74) is 5.41. The summed E-state index contributed by atoms with van der Waals surface area (Å²) in [7, 11) is 0. The number of alkyl halides is 3. The number of hydrogen-bond acceptors (Lipinski definition) is 2. The lowest BCUT2D eigenvalue weighted by atomic mass is 9.43. The second-order valence-electron chi connectivity index (χ2n) is 7.46. The number of halogens is 3. The molecule has 4 rings (SSSR count). The minimum atomic E-state index is -0.521. The van der Waals surface area contributed by atoms with Crippen LogP contribution in [-0.2, 0) is 16.0 Å². The number of nitrogens with one attached hydrogen (secondary N) is 2. The summed E-state index contributed by atoms with van der Waals surface area (Å²) in [5.74, 6) is -0.336. The molecule has 3 aliphatic carbocycles. The van der Waals surface area contributed by atoms with Gasteiger partial charge in [0.15, 0.2) is 0 Å². The van der Waals surface area contributed by atoms with Crippen LogP contribution in [0.1, 0.15) is 32.3 Å². The molecule has 3 saturated carbocycles.